The Bertz CT molecular complexity index is 1460. The van der Waals surface area contributed by atoms with Crippen molar-refractivity contribution in [2.24, 2.45) is 5.92 Å². The van der Waals surface area contributed by atoms with Crippen LogP contribution in [-0.4, -0.2) is 95.8 Å². The molecule has 268 valence electrons. The fraction of sp³-hybridized carbons (Fsp3) is 0.588. The first-order chi connectivity index (χ1) is 23.3. The van der Waals surface area contributed by atoms with Crippen molar-refractivity contribution in [2.75, 3.05) is 45.7 Å². The molecule has 1 saturated heterocycles. The summed E-state index contributed by atoms with van der Waals surface area (Å²) in [6.45, 7) is 5.76. The second kappa shape index (κ2) is 16.9. The van der Waals surface area contributed by atoms with Gasteiger partial charge < -0.3 is 30.5 Å². The SMILES string of the molecule is CCC(=O)N[C@@H](C(=O)N1CCN(C)CC1)[C@@H](C)c1ccc(NC(=O)C(NC(=O)C(F)(F)c2cnc(OC)nc2)C2CCCCCC2)c(F)c1. The van der Waals surface area contributed by atoms with E-state index >= 15 is 13.2 Å². The van der Waals surface area contributed by atoms with Crippen molar-refractivity contribution < 1.29 is 37.1 Å². The van der Waals surface area contributed by atoms with E-state index in [0.29, 0.717) is 44.6 Å². The molecule has 2 aliphatic rings. The van der Waals surface area contributed by atoms with E-state index in [1.807, 2.05) is 7.05 Å². The maximum absolute atomic E-state index is 15.6. The van der Waals surface area contributed by atoms with Crippen LogP contribution in [0.2, 0.25) is 0 Å². The summed E-state index contributed by atoms with van der Waals surface area (Å²) in [7, 11) is 3.23. The van der Waals surface area contributed by atoms with E-state index in [-0.39, 0.29) is 29.9 Å². The number of piperazine rings is 1. The van der Waals surface area contributed by atoms with Crippen molar-refractivity contribution in [3.8, 4) is 6.01 Å². The summed E-state index contributed by atoms with van der Waals surface area (Å²) in [5.41, 5.74) is -0.584. The largest absolute Gasteiger partial charge is 0.467 e. The Balaban J connectivity index is 1.53. The number of carbonyl (C=O) groups excluding carboxylic acids is 4. The van der Waals surface area contributed by atoms with E-state index in [0.717, 1.165) is 38.1 Å². The van der Waals surface area contributed by atoms with E-state index in [9.17, 15) is 19.2 Å². The van der Waals surface area contributed by atoms with Gasteiger partial charge in [-0.1, -0.05) is 45.6 Å². The first-order valence-corrected chi connectivity index (χ1v) is 16.8. The predicted octanol–water partition coefficient (Wildman–Crippen LogP) is 3.58. The lowest BCUT2D eigenvalue weighted by Gasteiger charge is -2.36. The van der Waals surface area contributed by atoms with Crippen LogP contribution in [0.25, 0.3) is 0 Å². The number of halogens is 3. The zero-order valence-corrected chi connectivity index (χ0v) is 28.4. The number of nitrogens with one attached hydrogen (secondary N) is 3. The smallest absolute Gasteiger partial charge is 0.352 e. The number of ether oxygens (including phenoxy) is 1. The minimum atomic E-state index is -4.07. The number of carbonyl (C=O) groups is 4. The van der Waals surface area contributed by atoms with Gasteiger partial charge >= 0.3 is 11.9 Å². The monoisotopic (exact) mass is 689 g/mol. The van der Waals surface area contributed by atoms with Crippen LogP contribution in [0.5, 0.6) is 6.01 Å². The zero-order valence-electron chi connectivity index (χ0n) is 28.4. The highest BCUT2D eigenvalue weighted by molar-refractivity contribution is 5.98. The van der Waals surface area contributed by atoms with Gasteiger partial charge in [0.25, 0.3) is 5.91 Å². The van der Waals surface area contributed by atoms with Gasteiger partial charge in [0, 0.05) is 50.9 Å². The Morgan fingerprint density at radius 3 is 2.20 bits per heavy atom. The highest BCUT2D eigenvalue weighted by Crippen LogP contribution is 2.32. The molecule has 12 nitrogen and oxygen atoms in total. The number of rotatable bonds is 12. The number of hydrogen-bond donors (Lipinski definition) is 3. The van der Waals surface area contributed by atoms with Gasteiger partial charge in [-0.15, -0.1) is 0 Å². The normalized spacial score (nSPS) is 18.1. The van der Waals surface area contributed by atoms with Gasteiger partial charge in [-0.25, -0.2) is 14.4 Å². The second-order valence-electron chi connectivity index (χ2n) is 12.8. The molecule has 1 unspecified atom stereocenters. The lowest BCUT2D eigenvalue weighted by atomic mass is 9.90. The van der Waals surface area contributed by atoms with Crippen LogP contribution in [0, 0.1) is 11.7 Å². The number of benzene rings is 1. The standard InChI is InChI=1S/C34H46F3N7O5/c1-5-27(45)41-28(31(47)44-16-14-43(3)15-17-44)21(2)23-12-13-26(25(35)18-23)40-30(46)29(22-10-8-6-7-9-11-22)42-32(48)34(36,37)24-19-38-33(49-4)39-20-24/h12-13,18-22,28-29H,5-11,14-17H2,1-4H3,(H,40,46)(H,41,45)(H,42,48)/t21-,28+,29?/m0/s1. The number of likely N-dealkylation sites (N-methyl/N-ethyl adjacent to an activating group) is 1. The molecule has 15 heteroatoms. The maximum Gasteiger partial charge on any atom is 0.352 e. The van der Waals surface area contributed by atoms with Crippen molar-refractivity contribution in [3.63, 3.8) is 0 Å². The van der Waals surface area contributed by atoms with Crippen LogP contribution in [-0.2, 0) is 25.1 Å². The van der Waals surface area contributed by atoms with Crippen LogP contribution >= 0.6 is 0 Å². The summed E-state index contributed by atoms with van der Waals surface area (Å²) in [4.78, 5) is 63.7. The van der Waals surface area contributed by atoms with Crippen LogP contribution < -0.4 is 20.7 Å². The molecule has 2 heterocycles. The molecule has 1 aliphatic heterocycles. The van der Waals surface area contributed by atoms with Gasteiger partial charge in [0.1, 0.15) is 17.9 Å². The molecule has 2 aromatic rings. The van der Waals surface area contributed by atoms with E-state index in [2.05, 4.69) is 30.8 Å². The molecule has 1 aromatic heterocycles. The number of anilines is 1. The predicted molar refractivity (Wildman–Crippen MR) is 175 cm³/mol. The van der Waals surface area contributed by atoms with Gasteiger partial charge in [0.05, 0.1) is 18.4 Å². The molecule has 2 fully saturated rings. The quantitative estimate of drug-likeness (QED) is 0.287. The number of alkyl halides is 2. The molecule has 4 rings (SSSR count). The Morgan fingerprint density at radius 2 is 1.63 bits per heavy atom. The number of nitrogens with zero attached hydrogens (tertiary/aromatic N) is 4. The molecular formula is C34H46F3N7O5. The molecule has 49 heavy (non-hydrogen) atoms. The van der Waals surface area contributed by atoms with Crippen LogP contribution in [0.1, 0.15) is 75.8 Å². The Hall–Kier alpha value is -4.27. The summed E-state index contributed by atoms with van der Waals surface area (Å²) in [6.07, 6.45) is 6.06. The third-order valence-electron chi connectivity index (χ3n) is 9.39. The van der Waals surface area contributed by atoms with Gasteiger partial charge in [-0.2, -0.15) is 8.78 Å². The molecule has 3 N–H and O–H groups in total. The van der Waals surface area contributed by atoms with Crippen molar-refractivity contribution >= 4 is 29.3 Å². The summed E-state index contributed by atoms with van der Waals surface area (Å²) in [5, 5.41) is 7.52. The molecule has 0 radical (unpaired) electrons. The molecule has 1 aromatic carbocycles. The molecule has 0 spiro atoms. The number of hydrogen-bond acceptors (Lipinski definition) is 8. The number of amides is 4. The third-order valence-corrected chi connectivity index (χ3v) is 9.39. The molecule has 1 saturated carbocycles. The zero-order chi connectivity index (χ0) is 35.7. The molecular weight excluding hydrogens is 643 g/mol. The summed E-state index contributed by atoms with van der Waals surface area (Å²) in [5.74, 6) is -9.09. The van der Waals surface area contributed by atoms with Gasteiger partial charge in [0.15, 0.2) is 0 Å². The van der Waals surface area contributed by atoms with E-state index in [1.165, 1.54) is 19.2 Å². The molecule has 0 bridgehead atoms. The van der Waals surface area contributed by atoms with Gasteiger partial charge in [-0.3, -0.25) is 19.2 Å². The highest BCUT2D eigenvalue weighted by Gasteiger charge is 2.45. The second-order valence-corrected chi connectivity index (χ2v) is 12.8. The molecule has 1 aliphatic carbocycles. The summed E-state index contributed by atoms with van der Waals surface area (Å²) in [6, 6.07) is 1.59. The first kappa shape index (κ1) is 37.5. The number of methoxy groups -OCH3 is 1. The van der Waals surface area contributed by atoms with Crippen molar-refractivity contribution in [3.05, 3.63) is 47.5 Å². The lowest BCUT2D eigenvalue weighted by molar-refractivity contribution is -0.149. The first-order valence-electron chi connectivity index (χ1n) is 16.8. The lowest BCUT2D eigenvalue weighted by Crippen LogP contribution is -2.55. The van der Waals surface area contributed by atoms with Gasteiger partial charge in [-0.05, 0) is 43.5 Å². The van der Waals surface area contributed by atoms with Crippen molar-refractivity contribution in [1.29, 1.82) is 0 Å². The van der Waals surface area contributed by atoms with E-state index < -0.39 is 53.0 Å². The average molecular weight is 690 g/mol. The average Bonchev–Trinajstić information content (AvgIpc) is 3.39. The van der Waals surface area contributed by atoms with Crippen molar-refractivity contribution in [1.82, 2.24) is 30.4 Å². The van der Waals surface area contributed by atoms with E-state index in [1.54, 1.807) is 24.8 Å². The summed E-state index contributed by atoms with van der Waals surface area (Å²) < 4.78 is 50.9. The van der Waals surface area contributed by atoms with Crippen LogP contribution in [0.3, 0.4) is 0 Å². The fourth-order valence-electron chi connectivity index (χ4n) is 6.21. The fourth-order valence-corrected chi connectivity index (χ4v) is 6.21. The van der Waals surface area contributed by atoms with Gasteiger partial charge in [0.2, 0.25) is 17.7 Å². The third kappa shape index (κ3) is 9.46. The minimum Gasteiger partial charge on any atom is -0.467 e. The van der Waals surface area contributed by atoms with Crippen LogP contribution in [0.15, 0.2) is 30.6 Å². The minimum absolute atomic E-state index is 0.152. The Labute approximate surface area is 284 Å². The summed E-state index contributed by atoms with van der Waals surface area (Å²) >= 11 is 0. The Kier molecular flexibility index (Phi) is 13.0. The topological polar surface area (TPSA) is 146 Å². The molecule has 3 atom stereocenters. The van der Waals surface area contributed by atoms with Crippen molar-refractivity contribution in [2.45, 2.75) is 82.7 Å². The maximum atomic E-state index is 15.6. The molecule has 4 amide bonds. The van der Waals surface area contributed by atoms with Crippen LogP contribution in [0.4, 0.5) is 18.9 Å². The highest BCUT2D eigenvalue weighted by atomic mass is 19.3. The van der Waals surface area contributed by atoms with E-state index in [4.69, 9.17) is 4.74 Å². The Morgan fingerprint density at radius 1 is 1.00 bits per heavy atom. The number of aromatic nitrogens is 2.